The van der Waals surface area contributed by atoms with Gasteiger partial charge in [0.1, 0.15) is 12.1 Å². The highest BCUT2D eigenvalue weighted by atomic mass is 19.4. The van der Waals surface area contributed by atoms with Gasteiger partial charge in [0.2, 0.25) is 0 Å². The van der Waals surface area contributed by atoms with Crippen LogP contribution in [-0.2, 0) is 12.7 Å². The Morgan fingerprint density at radius 3 is 2.65 bits per heavy atom. The molecule has 0 bridgehead atoms. The summed E-state index contributed by atoms with van der Waals surface area (Å²) >= 11 is 0. The third-order valence-corrected chi connectivity index (χ3v) is 3.66. The van der Waals surface area contributed by atoms with Crippen molar-refractivity contribution in [3.63, 3.8) is 0 Å². The molecule has 0 amide bonds. The molecular formula is C14H14F3N5O. The van der Waals surface area contributed by atoms with E-state index < -0.39 is 17.4 Å². The van der Waals surface area contributed by atoms with Gasteiger partial charge in [-0.25, -0.2) is 14.6 Å². The number of hydrogen-bond acceptors (Lipinski definition) is 5. The number of nitrogens with zero attached hydrogens (tertiary/aromatic N) is 5. The standard InChI is InChI=1S/C14H14F3N5O/c1-9-4-12(19-8-18-9)21-5-10(6-21)7-22-13(23)3-2-11(20-22)14(15,16)17/h2-4,8,10H,5-7H2,1H3. The smallest absolute Gasteiger partial charge is 0.356 e. The van der Waals surface area contributed by atoms with Gasteiger partial charge in [0.25, 0.3) is 5.56 Å². The van der Waals surface area contributed by atoms with Crippen molar-refractivity contribution in [3.8, 4) is 0 Å². The molecule has 0 radical (unpaired) electrons. The fourth-order valence-electron chi connectivity index (χ4n) is 2.46. The van der Waals surface area contributed by atoms with Gasteiger partial charge in [0, 0.05) is 36.8 Å². The first-order chi connectivity index (χ1) is 10.8. The summed E-state index contributed by atoms with van der Waals surface area (Å²) in [5.74, 6) is 0.831. The van der Waals surface area contributed by atoms with Crippen molar-refractivity contribution in [1.82, 2.24) is 19.7 Å². The topological polar surface area (TPSA) is 63.9 Å². The van der Waals surface area contributed by atoms with Crippen LogP contribution in [0.5, 0.6) is 0 Å². The lowest BCUT2D eigenvalue weighted by Gasteiger charge is -2.40. The summed E-state index contributed by atoms with van der Waals surface area (Å²) in [6, 6.07) is 3.44. The van der Waals surface area contributed by atoms with Crippen molar-refractivity contribution in [2.75, 3.05) is 18.0 Å². The number of aryl methyl sites for hydroxylation is 1. The second-order valence-corrected chi connectivity index (χ2v) is 5.53. The SMILES string of the molecule is Cc1cc(N2CC(Cn3nc(C(F)(F)F)ccc3=O)C2)ncn1. The summed E-state index contributed by atoms with van der Waals surface area (Å²) in [6.07, 6.45) is -3.09. The summed E-state index contributed by atoms with van der Waals surface area (Å²) < 4.78 is 38.8. The van der Waals surface area contributed by atoms with Crippen LogP contribution in [0.2, 0.25) is 0 Å². The van der Waals surface area contributed by atoms with Crippen molar-refractivity contribution < 1.29 is 13.2 Å². The van der Waals surface area contributed by atoms with Gasteiger partial charge in [-0.2, -0.15) is 18.3 Å². The molecule has 0 N–H and O–H groups in total. The fraction of sp³-hybridized carbons (Fsp3) is 0.429. The molecule has 1 aliphatic heterocycles. The summed E-state index contributed by atoms with van der Waals surface area (Å²) in [6.45, 7) is 3.24. The van der Waals surface area contributed by atoms with Crippen LogP contribution in [0.3, 0.4) is 0 Å². The molecule has 2 aromatic rings. The van der Waals surface area contributed by atoms with E-state index in [1.807, 2.05) is 17.9 Å². The van der Waals surface area contributed by atoms with Gasteiger partial charge in [0.15, 0.2) is 5.69 Å². The Kier molecular flexibility index (Phi) is 3.78. The van der Waals surface area contributed by atoms with Crippen molar-refractivity contribution in [3.05, 3.63) is 46.3 Å². The normalized spacial score (nSPS) is 15.6. The third-order valence-electron chi connectivity index (χ3n) is 3.66. The summed E-state index contributed by atoms with van der Waals surface area (Å²) in [4.78, 5) is 21.8. The molecule has 1 aliphatic rings. The summed E-state index contributed by atoms with van der Waals surface area (Å²) in [5, 5.41) is 3.41. The summed E-state index contributed by atoms with van der Waals surface area (Å²) in [7, 11) is 0. The van der Waals surface area contributed by atoms with Crippen molar-refractivity contribution in [2.24, 2.45) is 5.92 Å². The lowest BCUT2D eigenvalue weighted by molar-refractivity contribution is -0.142. The summed E-state index contributed by atoms with van der Waals surface area (Å²) in [5.41, 5.74) is -0.747. The number of halogens is 3. The molecule has 6 nitrogen and oxygen atoms in total. The van der Waals surface area contributed by atoms with Crippen molar-refractivity contribution >= 4 is 5.82 Å². The van der Waals surface area contributed by atoms with E-state index in [2.05, 4.69) is 15.1 Å². The number of alkyl halides is 3. The highest BCUT2D eigenvalue weighted by molar-refractivity contribution is 5.41. The maximum absolute atomic E-state index is 12.7. The molecule has 9 heteroatoms. The molecule has 1 fully saturated rings. The Morgan fingerprint density at radius 1 is 1.26 bits per heavy atom. The average molecular weight is 325 g/mol. The van der Waals surface area contributed by atoms with E-state index in [9.17, 15) is 18.0 Å². The van der Waals surface area contributed by atoms with E-state index in [-0.39, 0.29) is 12.5 Å². The van der Waals surface area contributed by atoms with Gasteiger partial charge in [-0.1, -0.05) is 0 Å². The van der Waals surface area contributed by atoms with E-state index in [1.165, 1.54) is 6.33 Å². The van der Waals surface area contributed by atoms with E-state index in [0.717, 1.165) is 22.3 Å². The lowest BCUT2D eigenvalue weighted by atomic mass is 10.0. The molecule has 3 rings (SSSR count). The van der Waals surface area contributed by atoms with Crippen LogP contribution in [0.15, 0.2) is 29.3 Å². The van der Waals surface area contributed by atoms with Crippen LogP contribution in [-0.4, -0.2) is 32.8 Å². The molecule has 23 heavy (non-hydrogen) atoms. The molecule has 0 atom stereocenters. The lowest BCUT2D eigenvalue weighted by Crippen LogP contribution is -2.50. The zero-order valence-electron chi connectivity index (χ0n) is 12.3. The van der Waals surface area contributed by atoms with Gasteiger partial charge in [-0.3, -0.25) is 4.79 Å². The van der Waals surface area contributed by atoms with Gasteiger partial charge < -0.3 is 4.90 Å². The second kappa shape index (κ2) is 5.64. The highest BCUT2D eigenvalue weighted by Gasteiger charge is 2.34. The minimum atomic E-state index is -4.56. The van der Waals surface area contributed by atoms with E-state index >= 15 is 0 Å². The quantitative estimate of drug-likeness (QED) is 0.856. The fourth-order valence-corrected chi connectivity index (χ4v) is 2.46. The monoisotopic (exact) mass is 325 g/mol. The molecule has 0 aromatic carbocycles. The minimum absolute atomic E-state index is 0.0546. The number of anilines is 1. The Morgan fingerprint density at radius 2 is 2.00 bits per heavy atom. The Labute approximate surface area is 129 Å². The Bertz CT molecular complexity index is 767. The predicted octanol–water partition coefficient (Wildman–Crippen LogP) is 1.50. The molecule has 0 aliphatic carbocycles. The highest BCUT2D eigenvalue weighted by Crippen LogP contribution is 2.27. The third kappa shape index (κ3) is 3.33. The van der Waals surface area contributed by atoms with Crippen LogP contribution in [0, 0.1) is 12.8 Å². The number of aromatic nitrogens is 4. The molecule has 122 valence electrons. The van der Waals surface area contributed by atoms with Crippen LogP contribution < -0.4 is 10.5 Å². The first-order valence-electron chi connectivity index (χ1n) is 7.02. The first-order valence-corrected chi connectivity index (χ1v) is 7.02. The van der Waals surface area contributed by atoms with Gasteiger partial charge in [-0.15, -0.1) is 0 Å². The van der Waals surface area contributed by atoms with E-state index in [4.69, 9.17) is 0 Å². The van der Waals surface area contributed by atoms with Crippen LogP contribution in [0.1, 0.15) is 11.4 Å². The van der Waals surface area contributed by atoms with E-state index in [1.54, 1.807) is 0 Å². The van der Waals surface area contributed by atoms with E-state index in [0.29, 0.717) is 19.2 Å². The average Bonchev–Trinajstić information content (AvgIpc) is 2.42. The number of rotatable bonds is 3. The largest absolute Gasteiger partial charge is 0.435 e. The molecule has 0 saturated carbocycles. The molecule has 3 heterocycles. The zero-order chi connectivity index (χ0) is 16.6. The van der Waals surface area contributed by atoms with Crippen molar-refractivity contribution in [2.45, 2.75) is 19.6 Å². The second-order valence-electron chi connectivity index (χ2n) is 5.53. The minimum Gasteiger partial charge on any atom is -0.356 e. The predicted molar refractivity (Wildman–Crippen MR) is 76.0 cm³/mol. The maximum atomic E-state index is 12.7. The molecule has 2 aromatic heterocycles. The van der Waals surface area contributed by atoms with Gasteiger partial charge in [-0.05, 0) is 13.0 Å². The molecule has 0 spiro atoms. The van der Waals surface area contributed by atoms with Crippen LogP contribution >= 0.6 is 0 Å². The van der Waals surface area contributed by atoms with Gasteiger partial charge in [0.05, 0.1) is 6.54 Å². The number of hydrogen-bond donors (Lipinski definition) is 0. The zero-order valence-corrected chi connectivity index (χ0v) is 12.3. The molecular weight excluding hydrogens is 311 g/mol. The Balaban J connectivity index is 1.67. The molecule has 0 unspecified atom stereocenters. The first kappa shape index (κ1) is 15.4. The maximum Gasteiger partial charge on any atom is 0.435 e. The van der Waals surface area contributed by atoms with Crippen LogP contribution in [0.4, 0.5) is 19.0 Å². The van der Waals surface area contributed by atoms with Crippen LogP contribution in [0.25, 0.3) is 0 Å². The van der Waals surface area contributed by atoms with Gasteiger partial charge >= 0.3 is 6.18 Å². The molecule has 1 saturated heterocycles. The Hall–Kier alpha value is -2.45. The van der Waals surface area contributed by atoms with Crippen molar-refractivity contribution in [1.29, 1.82) is 0 Å².